The van der Waals surface area contributed by atoms with Crippen molar-refractivity contribution in [3.05, 3.63) is 24.3 Å². The maximum absolute atomic E-state index is 10.6. The lowest BCUT2D eigenvalue weighted by Crippen LogP contribution is -2.11. The average molecular weight is 210 g/mol. The number of primary sulfonamides is 1. The van der Waals surface area contributed by atoms with Crippen LogP contribution >= 0.6 is 12.4 Å². The van der Waals surface area contributed by atoms with Gasteiger partial charge < -0.3 is 5.11 Å². The normalized spacial score (nSPS) is 10.4. The minimum Gasteiger partial charge on any atom is -0.508 e. The van der Waals surface area contributed by atoms with Crippen LogP contribution in [0.2, 0.25) is 0 Å². The maximum atomic E-state index is 10.6. The van der Waals surface area contributed by atoms with Gasteiger partial charge in [0.15, 0.2) is 0 Å². The van der Waals surface area contributed by atoms with Crippen LogP contribution in [0.4, 0.5) is 0 Å². The molecule has 0 aliphatic rings. The third-order valence-electron chi connectivity index (χ3n) is 1.17. The summed E-state index contributed by atoms with van der Waals surface area (Å²) in [5, 5.41) is 13.6. The molecule has 0 aliphatic heterocycles. The summed E-state index contributed by atoms with van der Waals surface area (Å²) in [6, 6.07) is 5.01. The highest BCUT2D eigenvalue weighted by atomic mass is 35.5. The molecule has 0 bridgehead atoms. The largest absolute Gasteiger partial charge is 0.508 e. The summed E-state index contributed by atoms with van der Waals surface area (Å²) < 4.78 is 21.3. The van der Waals surface area contributed by atoms with E-state index in [4.69, 9.17) is 10.2 Å². The highest BCUT2D eigenvalue weighted by Gasteiger charge is 2.05. The molecule has 12 heavy (non-hydrogen) atoms. The summed E-state index contributed by atoms with van der Waals surface area (Å²) in [5.74, 6) is 0.0115. The van der Waals surface area contributed by atoms with Gasteiger partial charge in [-0.1, -0.05) is 0 Å². The molecular weight excluding hydrogens is 202 g/mol. The van der Waals surface area contributed by atoms with Crippen LogP contribution in [-0.2, 0) is 10.0 Å². The molecule has 0 fully saturated rings. The van der Waals surface area contributed by atoms with Crippen LogP contribution in [-0.4, -0.2) is 13.5 Å². The van der Waals surface area contributed by atoms with Gasteiger partial charge in [-0.3, -0.25) is 0 Å². The Morgan fingerprint density at radius 3 is 1.92 bits per heavy atom. The molecule has 0 amide bonds. The minimum atomic E-state index is -3.63. The van der Waals surface area contributed by atoms with Crippen molar-refractivity contribution < 1.29 is 13.5 Å². The van der Waals surface area contributed by atoms with Gasteiger partial charge in [-0.2, -0.15) is 0 Å². The first kappa shape index (κ1) is 11.2. The van der Waals surface area contributed by atoms with Gasteiger partial charge >= 0.3 is 0 Å². The van der Waals surface area contributed by atoms with Gasteiger partial charge in [-0.05, 0) is 24.3 Å². The van der Waals surface area contributed by atoms with Crippen LogP contribution in [0.1, 0.15) is 0 Å². The predicted octanol–water partition coefficient (Wildman–Crippen LogP) is 0.461. The molecule has 68 valence electrons. The molecule has 0 unspecified atom stereocenters. The third-order valence-corrected chi connectivity index (χ3v) is 2.09. The molecule has 0 radical (unpaired) electrons. The molecule has 4 nitrogen and oxygen atoms in total. The molecular formula is C6H8ClNO3S. The Bertz CT molecular complexity index is 346. The number of phenolic OH excluding ortho intramolecular Hbond substituents is 1. The van der Waals surface area contributed by atoms with E-state index in [2.05, 4.69) is 0 Å². The zero-order valence-corrected chi connectivity index (χ0v) is 7.60. The van der Waals surface area contributed by atoms with Crippen molar-refractivity contribution in [1.29, 1.82) is 0 Å². The molecule has 1 aromatic rings. The number of rotatable bonds is 1. The van der Waals surface area contributed by atoms with E-state index in [0.29, 0.717) is 0 Å². The molecule has 0 aromatic heterocycles. The van der Waals surface area contributed by atoms with Crippen molar-refractivity contribution in [2.75, 3.05) is 0 Å². The van der Waals surface area contributed by atoms with E-state index >= 15 is 0 Å². The third kappa shape index (κ3) is 2.69. The fourth-order valence-corrected chi connectivity index (χ4v) is 1.15. The van der Waals surface area contributed by atoms with Crippen molar-refractivity contribution in [2.24, 2.45) is 5.14 Å². The monoisotopic (exact) mass is 209 g/mol. The van der Waals surface area contributed by atoms with E-state index in [0.717, 1.165) is 0 Å². The van der Waals surface area contributed by atoms with E-state index in [-0.39, 0.29) is 23.1 Å². The standard InChI is InChI=1S/C6H7NO3S.ClH/c7-11(9,10)6-3-1-5(8)2-4-6;/h1-4,8H,(H2,7,9,10);1H. The van der Waals surface area contributed by atoms with E-state index in [1.807, 2.05) is 0 Å². The second-order valence-electron chi connectivity index (χ2n) is 2.04. The molecule has 1 rings (SSSR count). The minimum absolute atomic E-state index is 0. The summed E-state index contributed by atoms with van der Waals surface area (Å²) in [5.41, 5.74) is 0. The molecule has 0 spiro atoms. The van der Waals surface area contributed by atoms with Crippen molar-refractivity contribution in [3.8, 4) is 5.75 Å². The van der Waals surface area contributed by atoms with Gasteiger partial charge in [0.25, 0.3) is 0 Å². The van der Waals surface area contributed by atoms with Gasteiger partial charge in [0.05, 0.1) is 4.90 Å². The lowest BCUT2D eigenvalue weighted by molar-refractivity contribution is 0.475. The maximum Gasteiger partial charge on any atom is 0.238 e. The number of hydrogen-bond acceptors (Lipinski definition) is 3. The summed E-state index contributed by atoms with van der Waals surface area (Å²) in [6.07, 6.45) is 0. The van der Waals surface area contributed by atoms with Gasteiger partial charge in [0.2, 0.25) is 10.0 Å². The Hall–Kier alpha value is -0.780. The number of hydrogen-bond donors (Lipinski definition) is 2. The Kier molecular flexibility index (Phi) is 3.51. The fraction of sp³-hybridized carbons (Fsp3) is 0. The van der Waals surface area contributed by atoms with Crippen LogP contribution in [0, 0.1) is 0 Å². The fourth-order valence-electron chi connectivity index (χ4n) is 0.636. The molecule has 0 aliphatic carbocycles. The molecule has 1 aromatic carbocycles. The van der Waals surface area contributed by atoms with Gasteiger partial charge in [0, 0.05) is 0 Å². The van der Waals surface area contributed by atoms with Crippen LogP contribution < -0.4 is 5.14 Å². The molecule has 6 heteroatoms. The summed E-state index contributed by atoms with van der Waals surface area (Å²) in [7, 11) is -3.63. The number of phenols is 1. The lowest BCUT2D eigenvalue weighted by atomic mass is 10.3. The second kappa shape index (κ2) is 3.75. The summed E-state index contributed by atoms with van der Waals surface area (Å²) >= 11 is 0. The van der Waals surface area contributed by atoms with Crippen LogP contribution in [0.15, 0.2) is 29.2 Å². The van der Waals surface area contributed by atoms with Crippen molar-refractivity contribution >= 4 is 22.4 Å². The Morgan fingerprint density at radius 2 is 1.58 bits per heavy atom. The molecule has 0 atom stereocenters. The van der Waals surface area contributed by atoms with E-state index < -0.39 is 10.0 Å². The first-order valence-corrected chi connectivity index (χ1v) is 4.36. The quantitative estimate of drug-likeness (QED) is 0.705. The van der Waals surface area contributed by atoms with Gasteiger partial charge in [-0.25, -0.2) is 13.6 Å². The zero-order valence-electron chi connectivity index (χ0n) is 5.97. The lowest BCUT2D eigenvalue weighted by Gasteiger charge is -1.96. The highest BCUT2D eigenvalue weighted by molar-refractivity contribution is 7.89. The number of sulfonamides is 1. The number of halogens is 1. The van der Waals surface area contributed by atoms with E-state index in [9.17, 15) is 8.42 Å². The number of aromatic hydroxyl groups is 1. The van der Waals surface area contributed by atoms with Gasteiger partial charge in [0.1, 0.15) is 5.75 Å². The second-order valence-corrected chi connectivity index (χ2v) is 3.60. The Balaban J connectivity index is 0.00000121. The Morgan fingerprint density at radius 1 is 1.17 bits per heavy atom. The van der Waals surface area contributed by atoms with Crippen LogP contribution in [0.5, 0.6) is 5.75 Å². The van der Waals surface area contributed by atoms with Crippen molar-refractivity contribution in [2.45, 2.75) is 4.90 Å². The van der Waals surface area contributed by atoms with Crippen molar-refractivity contribution in [3.63, 3.8) is 0 Å². The van der Waals surface area contributed by atoms with Crippen LogP contribution in [0.3, 0.4) is 0 Å². The molecule has 0 heterocycles. The van der Waals surface area contributed by atoms with E-state index in [1.165, 1.54) is 24.3 Å². The summed E-state index contributed by atoms with van der Waals surface area (Å²) in [4.78, 5) is -0.00435. The molecule has 0 saturated heterocycles. The predicted molar refractivity (Wildman–Crippen MR) is 46.7 cm³/mol. The topological polar surface area (TPSA) is 80.4 Å². The highest BCUT2D eigenvalue weighted by Crippen LogP contribution is 2.12. The average Bonchev–Trinajstić information content (AvgIpc) is 1.86. The first-order chi connectivity index (χ1) is 5.00. The number of benzene rings is 1. The molecule has 0 saturated carbocycles. The zero-order chi connectivity index (χ0) is 8.48. The van der Waals surface area contributed by atoms with Gasteiger partial charge in [-0.15, -0.1) is 12.4 Å². The SMILES string of the molecule is Cl.NS(=O)(=O)c1ccc(O)cc1. The smallest absolute Gasteiger partial charge is 0.238 e. The van der Waals surface area contributed by atoms with Crippen molar-refractivity contribution in [1.82, 2.24) is 0 Å². The van der Waals surface area contributed by atoms with E-state index in [1.54, 1.807) is 0 Å². The Labute approximate surface area is 76.5 Å². The summed E-state index contributed by atoms with van der Waals surface area (Å²) in [6.45, 7) is 0. The van der Waals surface area contributed by atoms with Crippen LogP contribution in [0.25, 0.3) is 0 Å². The number of nitrogens with two attached hydrogens (primary N) is 1. The first-order valence-electron chi connectivity index (χ1n) is 2.82. The molecule has 3 N–H and O–H groups in total.